The standard InChI is InChI=1S/C15H27ClN2/c1-5-9-10-11-18-14(8-4)15(12(16)6-2)13(7-3)17-18/h12H,5-11H2,1-4H3. The molecule has 0 aliphatic heterocycles. The van der Waals surface area contributed by atoms with Crippen molar-refractivity contribution < 1.29 is 0 Å². The molecule has 104 valence electrons. The second-order valence-electron chi connectivity index (χ2n) is 4.82. The highest BCUT2D eigenvalue weighted by Crippen LogP contribution is 2.31. The van der Waals surface area contributed by atoms with E-state index >= 15 is 0 Å². The lowest BCUT2D eigenvalue weighted by atomic mass is 10.0. The maximum absolute atomic E-state index is 6.48. The maximum atomic E-state index is 6.48. The van der Waals surface area contributed by atoms with Crippen LogP contribution in [0.2, 0.25) is 0 Å². The topological polar surface area (TPSA) is 17.8 Å². The number of hydrogen-bond donors (Lipinski definition) is 0. The fraction of sp³-hybridized carbons (Fsp3) is 0.800. The Hall–Kier alpha value is -0.500. The zero-order valence-electron chi connectivity index (χ0n) is 12.3. The van der Waals surface area contributed by atoms with Gasteiger partial charge in [0.15, 0.2) is 0 Å². The molecule has 0 radical (unpaired) electrons. The number of halogens is 1. The minimum absolute atomic E-state index is 0.120. The van der Waals surface area contributed by atoms with Crippen molar-refractivity contribution in [3.8, 4) is 0 Å². The van der Waals surface area contributed by atoms with Crippen molar-refractivity contribution in [2.24, 2.45) is 0 Å². The largest absolute Gasteiger partial charge is 0.269 e. The van der Waals surface area contributed by atoms with Gasteiger partial charge in [-0.1, -0.05) is 40.5 Å². The summed E-state index contributed by atoms with van der Waals surface area (Å²) in [6, 6.07) is 0. The SMILES string of the molecule is CCCCCn1nc(CC)c(C(Cl)CC)c1CC. The number of nitrogens with zero attached hydrogens (tertiary/aromatic N) is 2. The van der Waals surface area contributed by atoms with E-state index in [-0.39, 0.29) is 5.38 Å². The van der Waals surface area contributed by atoms with E-state index in [4.69, 9.17) is 16.7 Å². The summed E-state index contributed by atoms with van der Waals surface area (Å²) < 4.78 is 2.20. The lowest BCUT2D eigenvalue weighted by molar-refractivity contribution is 0.531. The normalized spacial score (nSPS) is 12.9. The first kappa shape index (κ1) is 15.6. The van der Waals surface area contributed by atoms with Crippen molar-refractivity contribution in [3.63, 3.8) is 0 Å². The highest BCUT2D eigenvalue weighted by molar-refractivity contribution is 6.20. The van der Waals surface area contributed by atoms with Crippen LogP contribution in [-0.2, 0) is 19.4 Å². The maximum Gasteiger partial charge on any atom is 0.0671 e. The number of hydrogen-bond acceptors (Lipinski definition) is 1. The molecule has 1 unspecified atom stereocenters. The third-order valence-electron chi connectivity index (χ3n) is 3.49. The van der Waals surface area contributed by atoms with Gasteiger partial charge in [-0.2, -0.15) is 5.10 Å². The summed E-state index contributed by atoms with van der Waals surface area (Å²) in [6.07, 6.45) is 6.72. The predicted molar refractivity (Wildman–Crippen MR) is 79.4 cm³/mol. The van der Waals surface area contributed by atoms with Gasteiger partial charge in [0.2, 0.25) is 0 Å². The van der Waals surface area contributed by atoms with Gasteiger partial charge < -0.3 is 0 Å². The van der Waals surface area contributed by atoms with Crippen molar-refractivity contribution in [3.05, 3.63) is 17.0 Å². The molecule has 1 heterocycles. The molecule has 18 heavy (non-hydrogen) atoms. The molecule has 1 atom stereocenters. The second-order valence-corrected chi connectivity index (χ2v) is 5.35. The average Bonchev–Trinajstić information content (AvgIpc) is 2.75. The third-order valence-corrected chi connectivity index (χ3v) is 4.02. The van der Waals surface area contributed by atoms with Crippen molar-refractivity contribution in [2.75, 3.05) is 0 Å². The minimum Gasteiger partial charge on any atom is -0.269 e. The summed E-state index contributed by atoms with van der Waals surface area (Å²) >= 11 is 6.48. The number of rotatable bonds is 8. The van der Waals surface area contributed by atoms with Gasteiger partial charge in [-0.15, -0.1) is 11.6 Å². The van der Waals surface area contributed by atoms with Crippen molar-refractivity contribution in [2.45, 2.75) is 78.1 Å². The van der Waals surface area contributed by atoms with Crippen LogP contribution in [0.5, 0.6) is 0 Å². The number of alkyl halides is 1. The zero-order chi connectivity index (χ0) is 13.5. The van der Waals surface area contributed by atoms with Crippen LogP contribution in [0.1, 0.15) is 75.7 Å². The number of aryl methyl sites for hydroxylation is 2. The Morgan fingerprint density at radius 3 is 2.33 bits per heavy atom. The summed E-state index contributed by atoms with van der Waals surface area (Å²) in [5.74, 6) is 0. The molecule has 0 saturated heterocycles. The molecule has 0 fully saturated rings. The summed E-state index contributed by atoms with van der Waals surface area (Å²) in [5, 5.41) is 4.89. The fourth-order valence-electron chi connectivity index (χ4n) is 2.46. The van der Waals surface area contributed by atoms with E-state index in [2.05, 4.69) is 32.4 Å². The van der Waals surface area contributed by atoms with Crippen LogP contribution >= 0.6 is 11.6 Å². The molecule has 2 nitrogen and oxygen atoms in total. The molecule has 1 rings (SSSR count). The van der Waals surface area contributed by atoms with Gasteiger partial charge in [0.25, 0.3) is 0 Å². The van der Waals surface area contributed by atoms with Crippen LogP contribution in [0.3, 0.4) is 0 Å². The van der Waals surface area contributed by atoms with Crippen LogP contribution in [0.15, 0.2) is 0 Å². The molecule has 0 spiro atoms. The Kier molecular flexibility index (Phi) is 6.77. The predicted octanol–water partition coefficient (Wildman–Crippen LogP) is 4.89. The van der Waals surface area contributed by atoms with E-state index < -0.39 is 0 Å². The average molecular weight is 271 g/mol. The Balaban J connectivity index is 3.00. The van der Waals surface area contributed by atoms with E-state index in [0.29, 0.717) is 0 Å². The molecular weight excluding hydrogens is 244 g/mol. The van der Waals surface area contributed by atoms with Gasteiger partial charge in [0, 0.05) is 17.8 Å². The second kappa shape index (κ2) is 7.83. The van der Waals surface area contributed by atoms with Gasteiger partial charge in [-0.25, -0.2) is 0 Å². The minimum atomic E-state index is 0.120. The summed E-state index contributed by atoms with van der Waals surface area (Å²) in [7, 11) is 0. The molecule has 0 aliphatic rings. The molecule has 0 saturated carbocycles. The summed E-state index contributed by atoms with van der Waals surface area (Å²) in [5.41, 5.74) is 3.86. The molecular formula is C15H27ClN2. The van der Waals surface area contributed by atoms with Crippen molar-refractivity contribution >= 4 is 11.6 Å². The molecule has 3 heteroatoms. The highest BCUT2D eigenvalue weighted by Gasteiger charge is 2.20. The quantitative estimate of drug-likeness (QED) is 0.486. The first-order chi connectivity index (χ1) is 8.69. The smallest absolute Gasteiger partial charge is 0.0671 e. The number of aromatic nitrogens is 2. The van der Waals surface area contributed by atoms with Crippen LogP contribution in [0, 0.1) is 0 Å². The molecule has 1 aromatic rings. The molecule has 0 aromatic carbocycles. The van der Waals surface area contributed by atoms with Gasteiger partial charge in [-0.3, -0.25) is 4.68 Å². The van der Waals surface area contributed by atoms with E-state index in [1.54, 1.807) is 0 Å². The summed E-state index contributed by atoms with van der Waals surface area (Å²) in [6.45, 7) is 9.79. The fourth-order valence-corrected chi connectivity index (χ4v) is 2.71. The Morgan fingerprint density at radius 2 is 1.83 bits per heavy atom. The molecule has 0 bridgehead atoms. The lowest BCUT2D eigenvalue weighted by Gasteiger charge is -2.11. The van der Waals surface area contributed by atoms with Crippen LogP contribution in [0.25, 0.3) is 0 Å². The third kappa shape index (κ3) is 3.50. The molecule has 0 N–H and O–H groups in total. The van der Waals surface area contributed by atoms with Crippen LogP contribution < -0.4 is 0 Å². The van der Waals surface area contributed by atoms with Crippen LogP contribution in [0.4, 0.5) is 0 Å². The van der Waals surface area contributed by atoms with Gasteiger partial charge >= 0.3 is 0 Å². The first-order valence-electron chi connectivity index (χ1n) is 7.41. The van der Waals surface area contributed by atoms with E-state index in [1.165, 1.54) is 36.2 Å². The highest BCUT2D eigenvalue weighted by atomic mass is 35.5. The first-order valence-corrected chi connectivity index (χ1v) is 7.85. The van der Waals surface area contributed by atoms with Crippen LogP contribution in [-0.4, -0.2) is 9.78 Å². The Bertz CT molecular complexity index is 358. The monoisotopic (exact) mass is 270 g/mol. The van der Waals surface area contributed by atoms with E-state index in [0.717, 1.165) is 25.8 Å². The Morgan fingerprint density at radius 1 is 1.11 bits per heavy atom. The number of unbranched alkanes of at least 4 members (excludes halogenated alkanes) is 2. The Labute approximate surface area is 117 Å². The van der Waals surface area contributed by atoms with E-state index in [9.17, 15) is 0 Å². The van der Waals surface area contributed by atoms with Crippen molar-refractivity contribution in [1.82, 2.24) is 9.78 Å². The van der Waals surface area contributed by atoms with Gasteiger partial charge in [-0.05, 0) is 25.7 Å². The molecule has 1 aromatic heterocycles. The van der Waals surface area contributed by atoms with Crippen molar-refractivity contribution in [1.29, 1.82) is 0 Å². The molecule has 0 amide bonds. The zero-order valence-corrected chi connectivity index (χ0v) is 13.1. The molecule has 0 aliphatic carbocycles. The summed E-state index contributed by atoms with van der Waals surface area (Å²) in [4.78, 5) is 0. The van der Waals surface area contributed by atoms with E-state index in [1.807, 2.05) is 0 Å². The lowest BCUT2D eigenvalue weighted by Crippen LogP contribution is -2.06. The van der Waals surface area contributed by atoms with Gasteiger partial charge in [0.05, 0.1) is 11.1 Å². The van der Waals surface area contributed by atoms with Gasteiger partial charge in [0.1, 0.15) is 0 Å².